The van der Waals surface area contributed by atoms with Gasteiger partial charge in [-0.25, -0.2) is 0 Å². The number of hydrogen-bond acceptors (Lipinski definition) is 3. The Morgan fingerprint density at radius 2 is 1.96 bits per heavy atom. The van der Waals surface area contributed by atoms with Crippen molar-refractivity contribution in [2.45, 2.75) is 38.6 Å². The predicted molar refractivity (Wildman–Crippen MR) is 97.0 cm³/mol. The van der Waals surface area contributed by atoms with E-state index in [1.165, 1.54) is 7.11 Å². The van der Waals surface area contributed by atoms with E-state index in [0.29, 0.717) is 28.8 Å². The van der Waals surface area contributed by atoms with Gasteiger partial charge in [-0.3, -0.25) is 9.59 Å². The van der Waals surface area contributed by atoms with Crippen LogP contribution in [0.15, 0.2) is 18.2 Å². The number of nitrogens with zero attached hydrogens (tertiary/aromatic N) is 2. The predicted octanol–water partition coefficient (Wildman–Crippen LogP) is 3.21. The zero-order valence-electron chi connectivity index (χ0n) is 14.8. The Balaban J connectivity index is 1.80. The number of hydrogen-bond donors (Lipinski definition) is 0. The maximum atomic E-state index is 13.1. The second kappa shape index (κ2) is 7.65. The number of halogens is 1. The molecule has 1 aromatic carbocycles. The molecule has 0 bridgehead atoms. The van der Waals surface area contributed by atoms with Crippen molar-refractivity contribution in [1.29, 1.82) is 0 Å². The SMILES string of the molecule is COc1ccc(Cl)cc1C(=O)N1CCC[C@@H]1C(=O)N1CCC[C@@H](C)C1. The minimum atomic E-state index is -0.374. The van der Waals surface area contributed by atoms with Crippen LogP contribution in [0.4, 0.5) is 0 Å². The van der Waals surface area contributed by atoms with Crippen LogP contribution >= 0.6 is 11.6 Å². The van der Waals surface area contributed by atoms with Gasteiger partial charge < -0.3 is 14.5 Å². The lowest BCUT2D eigenvalue weighted by Gasteiger charge is -2.35. The lowest BCUT2D eigenvalue weighted by Crippen LogP contribution is -2.50. The summed E-state index contributed by atoms with van der Waals surface area (Å²) >= 11 is 6.06. The number of piperidine rings is 1. The first-order valence-corrected chi connectivity index (χ1v) is 9.32. The summed E-state index contributed by atoms with van der Waals surface area (Å²) in [7, 11) is 1.53. The molecule has 0 aliphatic carbocycles. The van der Waals surface area contributed by atoms with Crippen LogP contribution in [0.25, 0.3) is 0 Å². The number of carbonyl (C=O) groups is 2. The van der Waals surface area contributed by atoms with Gasteiger partial charge in [-0.2, -0.15) is 0 Å². The second-order valence-electron chi connectivity index (χ2n) is 7.03. The summed E-state index contributed by atoms with van der Waals surface area (Å²) in [5.74, 6) is 0.911. The minimum Gasteiger partial charge on any atom is -0.496 e. The third kappa shape index (κ3) is 3.76. The highest BCUT2D eigenvalue weighted by Gasteiger charge is 2.38. The molecule has 2 atom stereocenters. The number of carbonyl (C=O) groups excluding carboxylic acids is 2. The van der Waals surface area contributed by atoms with E-state index < -0.39 is 0 Å². The maximum Gasteiger partial charge on any atom is 0.258 e. The molecule has 3 rings (SSSR count). The fourth-order valence-electron chi connectivity index (χ4n) is 3.87. The van der Waals surface area contributed by atoms with Crippen molar-refractivity contribution >= 4 is 23.4 Å². The number of amides is 2. The molecule has 2 heterocycles. The van der Waals surface area contributed by atoms with Crippen LogP contribution in [-0.2, 0) is 4.79 Å². The molecular weight excluding hydrogens is 340 g/mol. The van der Waals surface area contributed by atoms with Gasteiger partial charge in [0.05, 0.1) is 12.7 Å². The van der Waals surface area contributed by atoms with Gasteiger partial charge in [0.15, 0.2) is 0 Å². The van der Waals surface area contributed by atoms with E-state index in [9.17, 15) is 9.59 Å². The molecule has 0 spiro atoms. The number of benzene rings is 1. The molecule has 0 saturated carbocycles. The third-order valence-corrected chi connectivity index (χ3v) is 5.39. The fourth-order valence-corrected chi connectivity index (χ4v) is 4.04. The maximum absolute atomic E-state index is 13.1. The van der Waals surface area contributed by atoms with E-state index >= 15 is 0 Å². The monoisotopic (exact) mass is 364 g/mol. The fraction of sp³-hybridized carbons (Fsp3) is 0.579. The van der Waals surface area contributed by atoms with Crippen molar-refractivity contribution < 1.29 is 14.3 Å². The normalized spacial score (nSPS) is 23.6. The summed E-state index contributed by atoms with van der Waals surface area (Å²) in [6.45, 7) is 4.35. The van der Waals surface area contributed by atoms with Gasteiger partial charge in [0.25, 0.3) is 5.91 Å². The van der Waals surface area contributed by atoms with Gasteiger partial charge in [-0.05, 0) is 49.8 Å². The molecule has 0 aromatic heterocycles. The smallest absolute Gasteiger partial charge is 0.258 e. The zero-order valence-corrected chi connectivity index (χ0v) is 15.6. The average molecular weight is 365 g/mol. The van der Waals surface area contributed by atoms with Gasteiger partial charge in [-0.1, -0.05) is 18.5 Å². The molecule has 25 heavy (non-hydrogen) atoms. The lowest BCUT2D eigenvalue weighted by atomic mass is 9.99. The molecule has 2 fully saturated rings. The molecule has 6 heteroatoms. The number of rotatable bonds is 3. The van der Waals surface area contributed by atoms with Crippen LogP contribution in [0.2, 0.25) is 5.02 Å². The largest absolute Gasteiger partial charge is 0.496 e. The average Bonchev–Trinajstić information content (AvgIpc) is 3.10. The standard InChI is InChI=1S/C19H25ClN2O3/c1-13-5-3-9-21(12-13)19(24)16-6-4-10-22(16)18(23)15-11-14(20)7-8-17(15)25-2/h7-8,11,13,16H,3-6,9-10,12H2,1-2H3/t13-,16-/m1/s1. The van der Waals surface area contributed by atoms with Gasteiger partial charge in [0, 0.05) is 24.7 Å². The molecule has 2 saturated heterocycles. The zero-order chi connectivity index (χ0) is 18.0. The van der Waals surface area contributed by atoms with Crippen molar-refractivity contribution in [2.24, 2.45) is 5.92 Å². The Hall–Kier alpha value is -1.75. The molecule has 1 aromatic rings. The highest BCUT2D eigenvalue weighted by Crippen LogP contribution is 2.29. The third-order valence-electron chi connectivity index (χ3n) is 5.16. The van der Waals surface area contributed by atoms with Crippen molar-refractivity contribution in [2.75, 3.05) is 26.7 Å². The summed E-state index contributed by atoms with van der Waals surface area (Å²) in [5.41, 5.74) is 0.418. The Morgan fingerprint density at radius 1 is 1.20 bits per heavy atom. The highest BCUT2D eigenvalue weighted by atomic mass is 35.5. The second-order valence-corrected chi connectivity index (χ2v) is 7.47. The van der Waals surface area contributed by atoms with Crippen LogP contribution < -0.4 is 4.74 Å². The summed E-state index contributed by atoms with van der Waals surface area (Å²) in [6, 6.07) is 4.63. The van der Waals surface area contributed by atoms with E-state index in [0.717, 1.165) is 38.8 Å². The van der Waals surface area contributed by atoms with E-state index in [4.69, 9.17) is 16.3 Å². The highest BCUT2D eigenvalue weighted by molar-refractivity contribution is 6.31. The van der Waals surface area contributed by atoms with E-state index in [2.05, 4.69) is 6.92 Å². The Morgan fingerprint density at radius 3 is 2.68 bits per heavy atom. The number of likely N-dealkylation sites (tertiary alicyclic amines) is 2. The van der Waals surface area contributed by atoms with Gasteiger partial charge in [-0.15, -0.1) is 0 Å². The first-order valence-electron chi connectivity index (χ1n) is 8.94. The molecule has 136 valence electrons. The Labute approximate surface area is 153 Å². The first-order chi connectivity index (χ1) is 12.0. The molecule has 0 N–H and O–H groups in total. The quantitative estimate of drug-likeness (QED) is 0.827. The number of methoxy groups -OCH3 is 1. The van der Waals surface area contributed by atoms with E-state index in [-0.39, 0.29) is 17.9 Å². The first kappa shape index (κ1) is 18.1. The lowest BCUT2D eigenvalue weighted by molar-refractivity contribution is -0.137. The van der Waals surface area contributed by atoms with Crippen molar-refractivity contribution in [3.63, 3.8) is 0 Å². The van der Waals surface area contributed by atoms with Crippen LogP contribution in [0.3, 0.4) is 0 Å². The van der Waals surface area contributed by atoms with Gasteiger partial charge in [0.2, 0.25) is 5.91 Å². The topological polar surface area (TPSA) is 49.9 Å². The molecular formula is C19H25ClN2O3. The van der Waals surface area contributed by atoms with Gasteiger partial charge in [0.1, 0.15) is 11.8 Å². The van der Waals surface area contributed by atoms with E-state index in [1.807, 2.05) is 4.90 Å². The van der Waals surface area contributed by atoms with E-state index in [1.54, 1.807) is 23.1 Å². The van der Waals surface area contributed by atoms with Crippen LogP contribution in [0, 0.1) is 5.92 Å². The van der Waals surface area contributed by atoms with Crippen molar-refractivity contribution in [3.8, 4) is 5.75 Å². The molecule has 2 amide bonds. The van der Waals surface area contributed by atoms with Crippen LogP contribution in [-0.4, -0.2) is 54.4 Å². The van der Waals surface area contributed by atoms with Crippen molar-refractivity contribution in [3.05, 3.63) is 28.8 Å². The summed E-state index contributed by atoms with van der Waals surface area (Å²) in [5, 5.41) is 0.482. The molecule has 0 radical (unpaired) electrons. The Bertz CT molecular complexity index is 664. The molecule has 0 unspecified atom stereocenters. The summed E-state index contributed by atoms with van der Waals surface area (Å²) < 4.78 is 5.31. The molecule has 5 nitrogen and oxygen atoms in total. The van der Waals surface area contributed by atoms with Crippen LogP contribution in [0.1, 0.15) is 43.0 Å². The van der Waals surface area contributed by atoms with Crippen molar-refractivity contribution in [1.82, 2.24) is 9.80 Å². The minimum absolute atomic E-state index is 0.0818. The molecule has 2 aliphatic heterocycles. The van der Waals surface area contributed by atoms with Crippen LogP contribution in [0.5, 0.6) is 5.75 Å². The summed E-state index contributed by atoms with van der Waals surface area (Å²) in [4.78, 5) is 29.7. The summed E-state index contributed by atoms with van der Waals surface area (Å²) in [6.07, 6.45) is 3.76. The number of ether oxygens (including phenoxy) is 1. The molecule has 2 aliphatic rings. The van der Waals surface area contributed by atoms with Gasteiger partial charge >= 0.3 is 0 Å². The Kier molecular flexibility index (Phi) is 5.52.